The molecule has 0 aliphatic rings. The summed E-state index contributed by atoms with van der Waals surface area (Å²) in [6, 6.07) is 10.1. The van der Waals surface area contributed by atoms with E-state index < -0.39 is 0 Å². The molecular formula is C16H21N3OS. The summed E-state index contributed by atoms with van der Waals surface area (Å²) in [5, 5.41) is 0.990. The summed E-state index contributed by atoms with van der Waals surface area (Å²) in [5.74, 6) is 0.878. The second-order valence-corrected chi connectivity index (χ2v) is 5.44. The van der Waals surface area contributed by atoms with Crippen LogP contribution >= 0.6 is 12.2 Å². The van der Waals surface area contributed by atoms with Crippen LogP contribution in [0.1, 0.15) is 19.4 Å². The van der Waals surface area contributed by atoms with Crippen LogP contribution in [-0.2, 0) is 4.74 Å². The molecule has 0 aliphatic carbocycles. The van der Waals surface area contributed by atoms with E-state index in [-0.39, 0.29) is 6.04 Å². The Morgan fingerprint density at radius 3 is 2.76 bits per heavy atom. The Labute approximate surface area is 130 Å². The second-order valence-electron chi connectivity index (χ2n) is 5.00. The van der Waals surface area contributed by atoms with Crippen molar-refractivity contribution in [3.05, 3.63) is 35.9 Å². The molecule has 2 N–H and O–H groups in total. The van der Waals surface area contributed by atoms with Crippen LogP contribution in [0.25, 0.3) is 10.9 Å². The first-order valence-corrected chi connectivity index (χ1v) is 7.44. The summed E-state index contributed by atoms with van der Waals surface area (Å²) in [4.78, 5) is 7.33. The van der Waals surface area contributed by atoms with Crippen molar-refractivity contribution < 1.29 is 4.74 Å². The molecule has 0 bridgehead atoms. The van der Waals surface area contributed by atoms with Crippen LogP contribution in [0.3, 0.4) is 0 Å². The minimum absolute atomic E-state index is 0.229. The van der Waals surface area contributed by atoms with Crippen LogP contribution in [0.4, 0.5) is 5.82 Å². The van der Waals surface area contributed by atoms with Crippen molar-refractivity contribution in [3.8, 4) is 0 Å². The molecule has 1 aromatic carbocycles. The molecule has 2 aromatic rings. The van der Waals surface area contributed by atoms with Gasteiger partial charge in [0.05, 0.1) is 18.2 Å². The number of thiocarbonyl (C=S) groups is 1. The number of nitrogens with two attached hydrogens (primary N) is 1. The van der Waals surface area contributed by atoms with Crippen molar-refractivity contribution in [3.63, 3.8) is 0 Å². The largest absolute Gasteiger partial charge is 0.389 e. The number of aromatic nitrogens is 1. The zero-order chi connectivity index (χ0) is 15.4. The summed E-state index contributed by atoms with van der Waals surface area (Å²) < 4.78 is 5.25. The summed E-state index contributed by atoms with van der Waals surface area (Å²) in [6.07, 6.45) is 0. The number of para-hydroxylation sites is 1. The lowest BCUT2D eigenvalue weighted by Gasteiger charge is -2.29. The molecule has 1 atom stereocenters. The highest BCUT2D eigenvalue weighted by Crippen LogP contribution is 2.24. The second kappa shape index (κ2) is 6.83. The molecule has 1 unspecified atom stereocenters. The molecule has 0 radical (unpaired) electrons. The summed E-state index contributed by atoms with van der Waals surface area (Å²) in [5.41, 5.74) is 7.66. The fourth-order valence-corrected chi connectivity index (χ4v) is 2.71. The highest BCUT2D eigenvalue weighted by atomic mass is 32.1. The molecule has 0 spiro atoms. The van der Waals surface area contributed by atoms with Gasteiger partial charge in [-0.25, -0.2) is 4.98 Å². The predicted molar refractivity (Wildman–Crippen MR) is 92.0 cm³/mol. The molecule has 1 heterocycles. The quantitative estimate of drug-likeness (QED) is 0.832. The van der Waals surface area contributed by atoms with E-state index >= 15 is 0 Å². The highest BCUT2D eigenvalue weighted by Gasteiger charge is 2.16. The molecule has 0 saturated carbocycles. The van der Waals surface area contributed by atoms with E-state index in [1.54, 1.807) is 7.11 Å². The van der Waals surface area contributed by atoms with Gasteiger partial charge in [-0.2, -0.15) is 0 Å². The van der Waals surface area contributed by atoms with E-state index in [0.29, 0.717) is 11.6 Å². The Morgan fingerprint density at radius 2 is 2.14 bits per heavy atom. The van der Waals surface area contributed by atoms with Crippen molar-refractivity contribution in [2.24, 2.45) is 5.73 Å². The molecule has 2 rings (SSSR count). The molecule has 0 fully saturated rings. The van der Waals surface area contributed by atoms with Gasteiger partial charge in [-0.1, -0.05) is 30.4 Å². The normalized spacial score (nSPS) is 12.3. The maximum absolute atomic E-state index is 5.89. The average molecular weight is 303 g/mol. The third kappa shape index (κ3) is 3.31. The molecule has 0 aliphatic heterocycles. The maximum Gasteiger partial charge on any atom is 0.130 e. The lowest BCUT2D eigenvalue weighted by atomic mass is 10.1. The maximum atomic E-state index is 5.89. The molecule has 4 nitrogen and oxygen atoms in total. The lowest BCUT2D eigenvalue weighted by Crippen LogP contribution is -2.37. The number of pyridine rings is 1. The zero-order valence-corrected chi connectivity index (χ0v) is 13.5. The SMILES string of the molecule is CCN(c1cc(C(N)=S)c2ccccc2n1)C(C)COC. The van der Waals surface area contributed by atoms with Gasteiger partial charge < -0.3 is 15.4 Å². The average Bonchev–Trinajstić information content (AvgIpc) is 2.47. The van der Waals surface area contributed by atoms with Crippen LogP contribution in [0.5, 0.6) is 0 Å². The first-order chi connectivity index (χ1) is 10.1. The third-order valence-electron chi connectivity index (χ3n) is 3.54. The molecule has 0 amide bonds. The molecule has 1 aromatic heterocycles. The summed E-state index contributed by atoms with van der Waals surface area (Å²) >= 11 is 5.20. The van der Waals surface area contributed by atoms with E-state index in [4.69, 9.17) is 27.7 Å². The Bertz CT molecular complexity index is 644. The fraction of sp³-hybridized carbons (Fsp3) is 0.375. The van der Waals surface area contributed by atoms with Crippen LogP contribution in [-0.4, -0.2) is 36.3 Å². The smallest absolute Gasteiger partial charge is 0.130 e. The first-order valence-electron chi connectivity index (χ1n) is 7.03. The van der Waals surface area contributed by atoms with Gasteiger partial charge in [-0.05, 0) is 26.0 Å². The number of methoxy groups -OCH3 is 1. The molecule has 112 valence electrons. The number of hydrogen-bond donors (Lipinski definition) is 1. The molecule has 0 saturated heterocycles. The van der Waals surface area contributed by atoms with E-state index in [1.807, 2.05) is 30.3 Å². The number of benzene rings is 1. The Kier molecular flexibility index (Phi) is 5.09. The predicted octanol–water partition coefficient (Wildman–Crippen LogP) is 2.73. The number of anilines is 1. The number of fused-ring (bicyclic) bond motifs is 1. The monoisotopic (exact) mass is 303 g/mol. The van der Waals surface area contributed by atoms with Crippen LogP contribution in [0, 0.1) is 0 Å². The lowest BCUT2D eigenvalue weighted by molar-refractivity contribution is 0.181. The Balaban J connectivity index is 2.55. The van der Waals surface area contributed by atoms with Gasteiger partial charge in [0.1, 0.15) is 10.8 Å². The number of likely N-dealkylation sites (N-methyl/N-ethyl adjacent to an activating group) is 1. The minimum Gasteiger partial charge on any atom is -0.389 e. The van der Waals surface area contributed by atoms with Gasteiger partial charge in [-0.3, -0.25) is 0 Å². The van der Waals surface area contributed by atoms with Gasteiger partial charge >= 0.3 is 0 Å². The van der Waals surface area contributed by atoms with Crippen LogP contribution in [0.15, 0.2) is 30.3 Å². The topological polar surface area (TPSA) is 51.4 Å². The van der Waals surface area contributed by atoms with Crippen LogP contribution < -0.4 is 10.6 Å². The van der Waals surface area contributed by atoms with Crippen molar-refractivity contribution in [1.82, 2.24) is 4.98 Å². The third-order valence-corrected chi connectivity index (χ3v) is 3.76. The van der Waals surface area contributed by atoms with E-state index in [2.05, 4.69) is 18.7 Å². The zero-order valence-electron chi connectivity index (χ0n) is 12.7. The summed E-state index contributed by atoms with van der Waals surface area (Å²) in [7, 11) is 1.71. The standard InChI is InChI=1S/C16H21N3OS/c1-4-19(11(2)10-20-3)15-9-13(16(17)21)12-7-5-6-8-14(12)18-15/h5-9,11H,4,10H2,1-3H3,(H2,17,21). The Morgan fingerprint density at radius 1 is 1.43 bits per heavy atom. The summed E-state index contributed by atoms with van der Waals surface area (Å²) in [6.45, 7) is 5.70. The van der Waals surface area contributed by atoms with E-state index in [0.717, 1.165) is 28.8 Å². The fourth-order valence-electron chi connectivity index (χ4n) is 2.54. The van der Waals surface area contributed by atoms with Crippen molar-refractivity contribution in [2.75, 3.05) is 25.2 Å². The number of nitrogens with zero attached hydrogens (tertiary/aromatic N) is 2. The highest BCUT2D eigenvalue weighted by molar-refractivity contribution is 7.80. The Hall–Kier alpha value is -1.72. The van der Waals surface area contributed by atoms with Gasteiger partial charge in [0, 0.05) is 24.6 Å². The van der Waals surface area contributed by atoms with Crippen molar-refractivity contribution in [1.29, 1.82) is 0 Å². The first kappa shape index (κ1) is 15.7. The molecule has 5 heteroatoms. The molecule has 21 heavy (non-hydrogen) atoms. The van der Waals surface area contributed by atoms with Gasteiger partial charge in [-0.15, -0.1) is 0 Å². The van der Waals surface area contributed by atoms with E-state index in [1.165, 1.54) is 0 Å². The number of ether oxygens (including phenoxy) is 1. The van der Waals surface area contributed by atoms with Crippen molar-refractivity contribution in [2.45, 2.75) is 19.9 Å². The van der Waals surface area contributed by atoms with Gasteiger partial charge in [0.25, 0.3) is 0 Å². The van der Waals surface area contributed by atoms with Gasteiger partial charge in [0.15, 0.2) is 0 Å². The van der Waals surface area contributed by atoms with Crippen molar-refractivity contribution >= 4 is 33.9 Å². The minimum atomic E-state index is 0.229. The molecular weight excluding hydrogens is 282 g/mol. The van der Waals surface area contributed by atoms with Crippen LogP contribution in [0.2, 0.25) is 0 Å². The number of rotatable bonds is 6. The number of hydrogen-bond acceptors (Lipinski definition) is 4. The van der Waals surface area contributed by atoms with Gasteiger partial charge in [0.2, 0.25) is 0 Å². The van der Waals surface area contributed by atoms with E-state index in [9.17, 15) is 0 Å².